The van der Waals surface area contributed by atoms with Crippen LogP contribution >= 0.6 is 15.9 Å². The molecule has 1 N–H and O–H groups in total. The minimum absolute atomic E-state index is 0.0139. The molecule has 0 bridgehead atoms. The van der Waals surface area contributed by atoms with Gasteiger partial charge in [0.1, 0.15) is 0 Å². The van der Waals surface area contributed by atoms with E-state index in [9.17, 15) is 4.21 Å². The summed E-state index contributed by atoms with van der Waals surface area (Å²) >= 11 is 3.45. The highest BCUT2D eigenvalue weighted by atomic mass is 79.9. The number of nitrogens with one attached hydrogen (secondary N) is 1. The highest BCUT2D eigenvalue weighted by Gasteiger charge is 2.22. The SMILES string of the molecule is Cc1c(Br)cncc1[C@@H](C)N[S@@](=O)C(C)(C)C. The van der Waals surface area contributed by atoms with Crippen molar-refractivity contribution in [3.8, 4) is 0 Å². The molecule has 96 valence electrons. The second-order valence-electron chi connectivity index (χ2n) is 5.06. The van der Waals surface area contributed by atoms with Gasteiger partial charge in [-0.15, -0.1) is 0 Å². The van der Waals surface area contributed by atoms with E-state index in [2.05, 4.69) is 25.6 Å². The van der Waals surface area contributed by atoms with Crippen molar-refractivity contribution in [1.29, 1.82) is 0 Å². The van der Waals surface area contributed by atoms with Gasteiger partial charge in [-0.25, -0.2) is 8.93 Å². The highest BCUT2D eigenvalue weighted by Crippen LogP contribution is 2.24. The zero-order valence-corrected chi connectivity index (χ0v) is 13.3. The van der Waals surface area contributed by atoms with E-state index in [1.165, 1.54) is 0 Å². The topological polar surface area (TPSA) is 42.0 Å². The minimum atomic E-state index is -1.08. The molecule has 0 saturated carbocycles. The molecule has 1 heterocycles. The summed E-state index contributed by atoms with van der Waals surface area (Å²) in [5, 5.41) is 0. The van der Waals surface area contributed by atoms with Crippen molar-refractivity contribution in [2.75, 3.05) is 0 Å². The van der Waals surface area contributed by atoms with E-state index in [4.69, 9.17) is 0 Å². The van der Waals surface area contributed by atoms with Crippen molar-refractivity contribution >= 4 is 26.9 Å². The molecule has 0 amide bonds. The molecule has 1 aromatic rings. The summed E-state index contributed by atoms with van der Waals surface area (Å²) in [5.41, 5.74) is 2.20. The highest BCUT2D eigenvalue weighted by molar-refractivity contribution is 9.10. The summed E-state index contributed by atoms with van der Waals surface area (Å²) in [7, 11) is -1.08. The summed E-state index contributed by atoms with van der Waals surface area (Å²) in [6.45, 7) is 9.89. The van der Waals surface area contributed by atoms with E-state index in [1.54, 1.807) is 6.20 Å². The zero-order chi connectivity index (χ0) is 13.2. The third kappa shape index (κ3) is 3.86. The van der Waals surface area contributed by atoms with E-state index >= 15 is 0 Å². The fourth-order valence-electron chi connectivity index (χ4n) is 1.35. The monoisotopic (exact) mass is 318 g/mol. The molecule has 17 heavy (non-hydrogen) atoms. The lowest BCUT2D eigenvalue weighted by atomic mass is 10.1. The van der Waals surface area contributed by atoms with E-state index in [0.717, 1.165) is 15.6 Å². The summed E-state index contributed by atoms with van der Waals surface area (Å²) in [4.78, 5) is 4.15. The van der Waals surface area contributed by atoms with Crippen molar-refractivity contribution in [2.24, 2.45) is 0 Å². The average molecular weight is 319 g/mol. The van der Waals surface area contributed by atoms with E-state index in [-0.39, 0.29) is 10.8 Å². The standard InChI is InChI=1S/C12H19BrN2OS/c1-8-10(6-14-7-11(8)13)9(2)15-17(16)12(3,4)5/h6-7,9,15H,1-5H3/t9-,17+/m1/s1. The molecule has 0 aromatic carbocycles. The number of nitrogens with zero attached hydrogens (tertiary/aromatic N) is 1. The Balaban J connectivity index is 2.88. The number of halogens is 1. The lowest BCUT2D eigenvalue weighted by Gasteiger charge is -2.23. The molecule has 1 aromatic heterocycles. The first-order valence-electron chi connectivity index (χ1n) is 5.51. The number of hydrogen-bond acceptors (Lipinski definition) is 2. The lowest BCUT2D eigenvalue weighted by Crippen LogP contribution is -2.35. The quantitative estimate of drug-likeness (QED) is 0.929. The number of rotatable bonds is 3. The summed E-state index contributed by atoms with van der Waals surface area (Å²) < 4.78 is 15.8. The summed E-state index contributed by atoms with van der Waals surface area (Å²) in [6.07, 6.45) is 3.59. The number of pyridine rings is 1. The van der Waals surface area contributed by atoms with Crippen LogP contribution in [0.2, 0.25) is 0 Å². The van der Waals surface area contributed by atoms with Crippen molar-refractivity contribution in [1.82, 2.24) is 9.71 Å². The number of aromatic nitrogens is 1. The van der Waals surface area contributed by atoms with Gasteiger partial charge in [-0.3, -0.25) is 4.98 Å². The molecule has 0 fully saturated rings. The Morgan fingerprint density at radius 1 is 1.41 bits per heavy atom. The van der Waals surface area contributed by atoms with Crippen LogP contribution in [0.1, 0.15) is 44.9 Å². The second-order valence-corrected chi connectivity index (χ2v) is 7.91. The molecule has 0 saturated heterocycles. The van der Waals surface area contributed by atoms with E-state index in [1.807, 2.05) is 40.8 Å². The Morgan fingerprint density at radius 3 is 2.53 bits per heavy atom. The van der Waals surface area contributed by atoms with Gasteiger partial charge in [0.25, 0.3) is 0 Å². The van der Waals surface area contributed by atoms with Crippen LogP contribution in [0.25, 0.3) is 0 Å². The van der Waals surface area contributed by atoms with E-state index in [0.29, 0.717) is 0 Å². The lowest BCUT2D eigenvalue weighted by molar-refractivity contribution is 0.614. The Labute approximate surface area is 114 Å². The molecule has 0 spiro atoms. The van der Waals surface area contributed by atoms with Crippen LogP contribution in [0, 0.1) is 6.92 Å². The van der Waals surface area contributed by atoms with Crippen LogP contribution in [-0.2, 0) is 11.0 Å². The fraction of sp³-hybridized carbons (Fsp3) is 0.583. The first-order valence-corrected chi connectivity index (χ1v) is 7.46. The summed E-state index contributed by atoms with van der Waals surface area (Å²) in [6, 6.07) is 0.0139. The molecule has 0 aliphatic heterocycles. The van der Waals surface area contributed by atoms with Crippen molar-refractivity contribution in [3.05, 3.63) is 28.0 Å². The molecule has 0 aliphatic rings. The van der Waals surface area contributed by atoms with Gasteiger partial charge in [0, 0.05) is 22.9 Å². The smallest absolute Gasteiger partial charge is 0.0975 e. The van der Waals surface area contributed by atoms with Crippen LogP contribution in [0.3, 0.4) is 0 Å². The Kier molecular flexibility index (Phi) is 4.86. The maximum absolute atomic E-state index is 12.0. The molecule has 5 heteroatoms. The molecule has 2 atom stereocenters. The van der Waals surface area contributed by atoms with Crippen LogP contribution < -0.4 is 4.72 Å². The largest absolute Gasteiger partial charge is 0.263 e. The summed E-state index contributed by atoms with van der Waals surface area (Å²) in [5.74, 6) is 0. The zero-order valence-electron chi connectivity index (χ0n) is 10.9. The third-order valence-corrected chi connectivity index (χ3v) is 4.98. The van der Waals surface area contributed by atoms with Gasteiger partial charge in [-0.05, 0) is 61.7 Å². The van der Waals surface area contributed by atoms with Crippen molar-refractivity contribution in [2.45, 2.75) is 45.4 Å². The molecule has 0 unspecified atom stereocenters. The minimum Gasteiger partial charge on any atom is -0.263 e. The molecule has 0 radical (unpaired) electrons. The predicted octanol–water partition coefficient (Wildman–Crippen LogP) is 3.27. The molecular formula is C12H19BrN2OS. The Hall–Kier alpha value is -0.260. The maximum Gasteiger partial charge on any atom is 0.0975 e. The first kappa shape index (κ1) is 14.8. The normalized spacial score (nSPS) is 15.6. The van der Waals surface area contributed by atoms with Crippen LogP contribution in [-0.4, -0.2) is 13.9 Å². The van der Waals surface area contributed by atoms with Gasteiger partial charge in [0.15, 0.2) is 0 Å². The van der Waals surface area contributed by atoms with Gasteiger partial charge in [0.05, 0.1) is 15.7 Å². The fourth-order valence-corrected chi connectivity index (χ4v) is 2.50. The van der Waals surface area contributed by atoms with E-state index < -0.39 is 11.0 Å². The van der Waals surface area contributed by atoms with Gasteiger partial charge in [-0.1, -0.05) is 0 Å². The van der Waals surface area contributed by atoms with Gasteiger partial charge in [0.2, 0.25) is 0 Å². The number of hydrogen-bond donors (Lipinski definition) is 1. The predicted molar refractivity (Wildman–Crippen MR) is 76.1 cm³/mol. The Bertz CT molecular complexity index is 429. The first-order chi connectivity index (χ1) is 7.73. The third-order valence-electron chi connectivity index (χ3n) is 2.50. The molecular weight excluding hydrogens is 300 g/mol. The van der Waals surface area contributed by atoms with Gasteiger partial charge in [-0.2, -0.15) is 0 Å². The van der Waals surface area contributed by atoms with Crippen LogP contribution in [0.15, 0.2) is 16.9 Å². The van der Waals surface area contributed by atoms with Gasteiger partial charge >= 0.3 is 0 Å². The van der Waals surface area contributed by atoms with Crippen molar-refractivity contribution < 1.29 is 4.21 Å². The van der Waals surface area contributed by atoms with Crippen LogP contribution in [0.5, 0.6) is 0 Å². The van der Waals surface area contributed by atoms with Crippen LogP contribution in [0.4, 0.5) is 0 Å². The average Bonchev–Trinajstić information content (AvgIpc) is 2.20. The molecule has 0 aliphatic carbocycles. The Morgan fingerprint density at radius 2 is 2.00 bits per heavy atom. The second kappa shape index (κ2) is 5.59. The molecule has 1 rings (SSSR count). The van der Waals surface area contributed by atoms with Crippen molar-refractivity contribution in [3.63, 3.8) is 0 Å². The van der Waals surface area contributed by atoms with Gasteiger partial charge < -0.3 is 0 Å². The molecule has 3 nitrogen and oxygen atoms in total. The maximum atomic E-state index is 12.0.